The molecule has 7 aromatic heterocycles. The lowest BCUT2D eigenvalue weighted by Gasteiger charge is -2.11. The van der Waals surface area contributed by atoms with Crippen LogP contribution in [0.4, 0.5) is 0 Å². The van der Waals surface area contributed by atoms with E-state index >= 15 is 0 Å². The zero-order chi connectivity index (χ0) is 88.1. The van der Waals surface area contributed by atoms with Gasteiger partial charge in [-0.2, -0.15) is 0 Å². The zero-order valence-electron chi connectivity index (χ0n) is 74.4. The lowest BCUT2D eigenvalue weighted by atomic mass is 9.95. The quantitative estimate of drug-likeness (QED) is 0.149. The molecule has 0 radical (unpaired) electrons. The molecule has 7 heteroatoms. The Hall–Kier alpha value is -16.1. The predicted molar refractivity (Wildman–Crippen MR) is 551 cm³/mol. The highest BCUT2D eigenvalue weighted by Crippen LogP contribution is 2.52. The summed E-state index contributed by atoms with van der Waals surface area (Å²) in [5.74, 6) is 0. The third kappa shape index (κ3) is 12.8. The molecule has 0 spiro atoms. The number of aryl methyl sites for hydroxylation is 6. The molecule has 24 aromatic rings. The lowest BCUT2D eigenvalue weighted by Crippen LogP contribution is -1.94. The largest absolute Gasteiger partial charge is 0.254 e. The molecule has 30 rings (SSSR count). The molecule has 0 aliphatic heterocycles. The highest BCUT2D eigenvalue weighted by molar-refractivity contribution is 6.13. The second-order valence-corrected chi connectivity index (χ2v) is 36.3. The lowest BCUT2D eigenvalue weighted by molar-refractivity contribution is 1.14. The summed E-state index contributed by atoms with van der Waals surface area (Å²) in [6.45, 7) is 12.9. The van der Waals surface area contributed by atoms with E-state index in [1.807, 2.05) is 12.3 Å². The molecule has 7 nitrogen and oxygen atoms in total. The van der Waals surface area contributed by atoms with Crippen LogP contribution in [-0.4, -0.2) is 34.9 Å². The minimum atomic E-state index is 0.959. The van der Waals surface area contributed by atoms with Crippen LogP contribution in [0.2, 0.25) is 0 Å². The van der Waals surface area contributed by atoms with Crippen molar-refractivity contribution >= 4 is 130 Å². The van der Waals surface area contributed by atoms with Gasteiger partial charge in [-0.25, -0.2) is 4.98 Å². The first-order valence-electron chi connectivity index (χ1n) is 46.2. The average molecular weight is 1690 g/mol. The Labute approximate surface area is 765 Å². The second-order valence-electron chi connectivity index (χ2n) is 36.3. The van der Waals surface area contributed by atoms with E-state index in [0.717, 1.165) is 100 Å². The first kappa shape index (κ1) is 78.2. The molecule has 0 bridgehead atoms. The Morgan fingerprint density at radius 1 is 0.182 bits per heavy atom. The van der Waals surface area contributed by atoms with Crippen LogP contribution < -0.4 is 0 Å². The standard InChI is InChI=1S/5C21H15N.C20H14N2/c1-13-16-7-4-5-9-19(16)22-21-18(13)12-15-11-10-14-6-2-3-8-17(14)20(15)21;1-13-16-7-4-5-9-18(16)19-12-15-11-10-14-6-2-3-8-17(14)20(15)21(19)22-13;1-13-18-12-16-10-14-6-2-3-7-15(14)11-19(16)21(18)17-8-4-5-9-20(17)22-13;1-13-18-12-15-11-10-14-6-2-3-7-16(14)20(15)21(18)17-8-4-5-9-19(17)22-13;1-13-18-12-19-15-7-3-2-6-14(15)10-11-16(19)21(18)17-8-4-5-9-20(17)22-13;1-12-16-11-14-9-8-13-5-2-3-6-15(13)18(14)19(16)20-17(22-12)7-4-10-21-20/h5*2-11H,12H2,1H3;2-10H,11H2,1H3. The zero-order valence-corrected chi connectivity index (χ0v) is 74.4. The number of nitrogens with zero attached hydrogens (tertiary/aromatic N) is 7. The summed E-state index contributed by atoms with van der Waals surface area (Å²) < 4.78 is 0. The molecule has 6 aliphatic rings. The first-order valence-corrected chi connectivity index (χ1v) is 46.2. The Kier molecular flexibility index (Phi) is 18.6. The summed E-state index contributed by atoms with van der Waals surface area (Å²) in [4.78, 5) is 33.8. The molecule has 0 saturated carbocycles. The van der Waals surface area contributed by atoms with Crippen LogP contribution >= 0.6 is 0 Å². The summed E-state index contributed by atoms with van der Waals surface area (Å²) in [7, 11) is 0. The van der Waals surface area contributed by atoms with Crippen LogP contribution in [0.15, 0.2) is 358 Å². The van der Waals surface area contributed by atoms with Gasteiger partial charge in [0.05, 0.1) is 44.5 Å². The molecular weight excluding hydrogens is 1600 g/mol. The van der Waals surface area contributed by atoms with Crippen molar-refractivity contribution in [2.75, 3.05) is 0 Å². The summed E-state index contributed by atoms with van der Waals surface area (Å²) in [6, 6.07) is 126. The van der Waals surface area contributed by atoms with E-state index in [4.69, 9.17) is 29.9 Å². The third-order valence-electron chi connectivity index (χ3n) is 28.9. The van der Waals surface area contributed by atoms with Crippen LogP contribution in [0.25, 0.3) is 197 Å². The summed E-state index contributed by atoms with van der Waals surface area (Å²) in [6.07, 6.45) is 7.81. The van der Waals surface area contributed by atoms with Gasteiger partial charge in [-0.3, -0.25) is 29.9 Å². The van der Waals surface area contributed by atoms with Gasteiger partial charge in [-0.1, -0.05) is 309 Å². The van der Waals surface area contributed by atoms with E-state index in [-0.39, 0.29) is 0 Å². The van der Waals surface area contributed by atoms with Crippen molar-refractivity contribution in [3.63, 3.8) is 0 Å². The van der Waals surface area contributed by atoms with Crippen molar-refractivity contribution < 1.29 is 0 Å². The summed E-state index contributed by atoms with van der Waals surface area (Å²) in [5.41, 5.74) is 46.3. The van der Waals surface area contributed by atoms with Gasteiger partial charge in [-0.05, 0) is 265 Å². The topological polar surface area (TPSA) is 90.2 Å². The van der Waals surface area contributed by atoms with Gasteiger partial charge < -0.3 is 0 Å². The molecule has 0 unspecified atom stereocenters. The van der Waals surface area contributed by atoms with Gasteiger partial charge in [-0.15, -0.1) is 0 Å². The van der Waals surface area contributed by atoms with Crippen LogP contribution in [0.5, 0.6) is 0 Å². The highest BCUT2D eigenvalue weighted by Gasteiger charge is 2.33. The molecule has 17 aromatic carbocycles. The molecule has 0 amide bonds. The number of hydrogen-bond acceptors (Lipinski definition) is 7. The van der Waals surface area contributed by atoms with Gasteiger partial charge in [0.15, 0.2) is 0 Å². The van der Waals surface area contributed by atoms with E-state index < -0.39 is 0 Å². The maximum atomic E-state index is 5.01. The fourth-order valence-corrected chi connectivity index (χ4v) is 22.7. The van der Waals surface area contributed by atoms with Crippen molar-refractivity contribution in [1.29, 1.82) is 0 Å². The fraction of sp³-hybridized carbons (Fsp3) is 0.0960. The summed E-state index contributed by atoms with van der Waals surface area (Å²) >= 11 is 0. The van der Waals surface area contributed by atoms with Crippen molar-refractivity contribution in [3.8, 4) is 67.0 Å². The van der Waals surface area contributed by atoms with Crippen molar-refractivity contribution in [3.05, 3.63) is 459 Å². The number of benzene rings is 17. The monoisotopic (exact) mass is 1690 g/mol. The van der Waals surface area contributed by atoms with Gasteiger partial charge in [0.1, 0.15) is 0 Å². The van der Waals surface area contributed by atoms with Crippen LogP contribution in [-0.2, 0) is 38.5 Å². The van der Waals surface area contributed by atoms with Crippen LogP contribution in [0, 0.1) is 41.5 Å². The van der Waals surface area contributed by atoms with Gasteiger partial charge in [0.2, 0.25) is 0 Å². The van der Waals surface area contributed by atoms with Crippen molar-refractivity contribution in [2.24, 2.45) is 0 Å². The minimum Gasteiger partial charge on any atom is -0.254 e. The van der Waals surface area contributed by atoms with Crippen molar-refractivity contribution in [1.82, 2.24) is 34.9 Å². The van der Waals surface area contributed by atoms with Gasteiger partial charge in [0, 0.05) is 117 Å². The maximum absolute atomic E-state index is 5.01. The normalized spacial score (nSPS) is 12.6. The van der Waals surface area contributed by atoms with Crippen LogP contribution in [0.1, 0.15) is 101 Å². The first-order chi connectivity index (χ1) is 64.9. The van der Waals surface area contributed by atoms with E-state index in [9.17, 15) is 0 Å². The van der Waals surface area contributed by atoms with E-state index in [0.29, 0.717) is 0 Å². The predicted octanol–water partition coefficient (Wildman–Crippen LogP) is 31.0. The molecular formula is C125H89N7. The van der Waals surface area contributed by atoms with E-state index in [1.54, 1.807) is 0 Å². The molecule has 7 heterocycles. The molecule has 132 heavy (non-hydrogen) atoms. The number of hydrogen-bond donors (Lipinski definition) is 0. The number of fused-ring (bicyclic) bond motifs is 40. The number of pyridine rings is 7. The molecule has 624 valence electrons. The molecule has 0 saturated heterocycles. The molecule has 6 aliphatic carbocycles. The molecule has 0 atom stereocenters. The minimum absolute atomic E-state index is 0.959. The molecule has 0 N–H and O–H groups in total. The fourth-order valence-electron chi connectivity index (χ4n) is 22.7. The van der Waals surface area contributed by atoms with Gasteiger partial charge in [0.25, 0.3) is 0 Å². The summed E-state index contributed by atoms with van der Waals surface area (Å²) in [5, 5.41) is 23.6. The smallest absolute Gasteiger partial charge is 0.0968 e. The number of rotatable bonds is 0. The average Bonchev–Trinajstić information content (AvgIpc) is 1.59. The van der Waals surface area contributed by atoms with E-state index in [1.165, 1.54) is 236 Å². The third-order valence-corrected chi connectivity index (χ3v) is 28.9. The van der Waals surface area contributed by atoms with E-state index in [2.05, 4.69) is 392 Å². The Balaban J connectivity index is 0.0000000851. The van der Waals surface area contributed by atoms with Crippen LogP contribution in [0.3, 0.4) is 0 Å². The Bertz CT molecular complexity index is 8780. The Morgan fingerprint density at radius 2 is 0.523 bits per heavy atom. The SMILES string of the molecule is Cc1c2c(nc3ccccc13)-c1c(ccc3ccccc13)C2.Cc1nc2c(c3ccccc13)Cc1ccc3ccccc3c1-2.Cc1nc2ccccc2c2c1Cc1c-2ccc2ccccc12.Cc1nc2ccccc2c2c1Cc1cc3ccccc3cc1-2.Cc1nc2ccccc2c2c1Cc1ccc3ccccc3c1-2.Cc1nc2cccnc2c2c1Cc1ccc3ccccc3c1-2. The maximum Gasteiger partial charge on any atom is 0.0968 e. The van der Waals surface area contributed by atoms with Gasteiger partial charge >= 0.3 is 0 Å². The number of para-hydroxylation sites is 4. The van der Waals surface area contributed by atoms with Crippen molar-refractivity contribution in [2.45, 2.75) is 80.1 Å². The second kappa shape index (κ2) is 31.4. The Morgan fingerprint density at radius 3 is 1.06 bits per heavy atom. The molecule has 0 fully saturated rings. The number of aromatic nitrogens is 7. The highest BCUT2D eigenvalue weighted by atomic mass is 14.8.